The van der Waals surface area contributed by atoms with Gasteiger partial charge in [-0.05, 0) is 12.8 Å². The zero-order valence-electron chi connectivity index (χ0n) is 9.80. The summed E-state index contributed by atoms with van der Waals surface area (Å²) in [5.74, 6) is -0.594. The van der Waals surface area contributed by atoms with Crippen LogP contribution in [0.1, 0.15) is 18.4 Å². The topological polar surface area (TPSA) is 59.2 Å². The molecule has 0 bridgehead atoms. The van der Waals surface area contributed by atoms with E-state index in [0.29, 0.717) is 26.1 Å². The number of methoxy groups -OCH3 is 1. The van der Waals surface area contributed by atoms with Crippen molar-refractivity contribution in [2.75, 3.05) is 25.6 Å². The summed E-state index contributed by atoms with van der Waals surface area (Å²) in [5.41, 5.74) is -0.892. The van der Waals surface area contributed by atoms with Crippen molar-refractivity contribution in [1.82, 2.24) is 10.2 Å². The molecule has 8 heteroatoms. The van der Waals surface area contributed by atoms with Crippen LogP contribution >= 0.6 is 0 Å². The van der Waals surface area contributed by atoms with E-state index in [1.165, 1.54) is 0 Å². The van der Waals surface area contributed by atoms with Crippen molar-refractivity contribution in [2.24, 2.45) is 0 Å². The number of aromatic amines is 1. The highest BCUT2D eigenvalue weighted by atomic mass is 19.4. The van der Waals surface area contributed by atoms with Gasteiger partial charge in [-0.1, -0.05) is 0 Å². The number of ether oxygens (including phenoxy) is 2. The zero-order valence-corrected chi connectivity index (χ0v) is 9.80. The molecule has 1 aromatic heterocycles. The van der Waals surface area contributed by atoms with Crippen LogP contribution in [0.5, 0.6) is 5.88 Å². The molecule has 0 aromatic carbocycles. The van der Waals surface area contributed by atoms with Gasteiger partial charge in [0.25, 0.3) is 0 Å². The van der Waals surface area contributed by atoms with Crippen LogP contribution in [0, 0.1) is 0 Å². The fourth-order valence-corrected chi connectivity index (χ4v) is 1.89. The molecule has 5 nitrogen and oxygen atoms in total. The molecule has 0 unspecified atom stereocenters. The monoisotopic (exact) mass is 265 g/mol. The van der Waals surface area contributed by atoms with E-state index < -0.39 is 17.6 Å². The summed E-state index contributed by atoms with van der Waals surface area (Å²) >= 11 is 0. The molecule has 1 aliphatic rings. The summed E-state index contributed by atoms with van der Waals surface area (Å²) in [6, 6.07) is -0.0509. The first-order chi connectivity index (χ1) is 8.52. The molecule has 102 valence electrons. The molecule has 1 aliphatic heterocycles. The minimum absolute atomic E-state index is 0.0509. The standard InChI is InChI=1S/C10H14F3N3O2/c1-17-9-7(10(11,12)13)8(15-16-9)14-6-2-4-18-5-3-6/h6H,2-5H2,1H3,(H2,14,15,16). The zero-order chi connectivity index (χ0) is 13.2. The number of rotatable bonds is 3. The molecule has 2 heterocycles. The number of aromatic nitrogens is 2. The molecule has 0 spiro atoms. The van der Waals surface area contributed by atoms with Crippen molar-refractivity contribution in [3.05, 3.63) is 5.56 Å². The molecule has 2 rings (SSSR count). The number of nitrogens with one attached hydrogen (secondary N) is 2. The molecule has 1 aromatic rings. The lowest BCUT2D eigenvalue weighted by Crippen LogP contribution is -2.29. The normalized spacial score (nSPS) is 17.8. The molecule has 0 atom stereocenters. The van der Waals surface area contributed by atoms with Crippen molar-refractivity contribution in [2.45, 2.75) is 25.1 Å². The second-order valence-electron chi connectivity index (χ2n) is 4.01. The van der Waals surface area contributed by atoms with Gasteiger partial charge in [0, 0.05) is 19.3 Å². The molecule has 1 fully saturated rings. The maximum Gasteiger partial charge on any atom is 0.425 e. The summed E-state index contributed by atoms with van der Waals surface area (Å²) in [4.78, 5) is 0. The van der Waals surface area contributed by atoms with E-state index in [-0.39, 0.29) is 11.9 Å². The molecule has 0 saturated carbocycles. The Morgan fingerprint density at radius 2 is 2.06 bits per heavy atom. The lowest BCUT2D eigenvalue weighted by molar-refractivity contribution is -0.138. The van der Waals surface area contributed by atoms with E-state index in [9.17, 15) is 13.2 Å². The Morgan fingerprint density at radius 1 is 1.39 bits per heavy atom. The van der Waals surface area contributed by atoms with Crippen molar-refractivity contribution in [3.63, 3.8) is 0 Å². The SMILES string of the molecule is COc1n[nH]c(NC2CCOCC2)c1C(F)(F)F. The predicted octanol–water partition coefficient (Wildman–Crippen LogP) is 2.03. The average Bonchev–Trinajstić information content (AvgIpc) is 2.73. The lowest BCUT2D eigenvalue weighted by atomic mass is 10.1. The molecule has 0 aliphatic carbocycles. The quantitative estimate of drug-likeness (QED) is 0.878. The predicted molar refractivity (Wildman–Crippen MR) is 57.6 cm³/mol. The Labute approximate surface area is 102 Å². The number of hydrogen-bond acceptors (Lipinski definition) is 4. The summed E-state index contributed by atoms with van der Waals surface area (Å²) in [6.45, 7) is 1.09. The van der Waals surface area contributed by atoms with Crippen LogP contribution in [0.15, 0.2) is 0 Å². The van der Waals surface area contributed by atoms with Crippen LogP contribution in [-0.2, 0) is 10.9 Å². The highest BCUT2D eigenvalue weighted by Gasteiger charge is 2.40. The molecule has 0 radical (unpaired) electrons. The van der Waals surface area contributed by atoms with Crippen molar-refractivity contribution in [3.8, 4) is 5.88 Å². The van der Waals surface area contributed by atoms with Crippen molar-refractivity contribution < 1.29 is 22.6 Å². The Morgan fingerprint density at radius 3 is 2.61 bits per heavy atom. The van der Waals surface area contributed by atoms with Gasteiger partial charge in [-0.2, -0.15) is 13.2 Å². The Bertz CT molecular complexity index is 400. The van der Waals surface area contributed by atoms with Gasteiger partial charge >= 0.3 is 6.18 Å². The highest BCUT2D eigenvalue weighted by molar-refractivity contribution is 5.52. The summed E-state index contributed by atoms with van der Waals surface area (Å²) in [6.07, 6.45) is -3.18. The molecule has 18 heavy (non-hydrogen) atoms. The third-order valence-electron chi connectivity index (χ3n) is 2.78. The number of alkyl halides is 3. The maximum atomic E-state index is 12.9. The molecule has 1 saturated heterocycles. The smallest absolute Gasteiger partial charge is 0.425 e. The van der Waals surface area contributed by atoms with Gasteiger partial charge in [0.05, 0.1) is 7.11 Å². The van der Waals surface area contributed by atoms with E-state index in [2.05, 4.69) is 20.3 Å². The second-order valence-corrected chi connectivity index (χ2v) is 4.01. The van der Waals surface area contributed by atoms with Crippen LogP contribution in [0.4, 0.5) is 19.0 Å². The first-order valence-electron chi connectivity index (χ1n) is 5.56. The van der Waals surface area contributed by atoms with Crippen LogP contribution in [0.25, 0.3) is 0 Å². The molecular weight excluding hydrogens is 251 g/mol. The summed E-state index contributed by atoms with van der Waals surface area (Å²) in [5, 5.41) is 8.65. The van der Waals surface area contributed by atoms with Gasteiger partial charge in [0.15, 0.2) is 5.56 Å². The Balaban J connectivity index is 2.19. The fraction of sp³-hybridized carbons (Fsp3) is 0.700. The van der Waals surface area contributed by atoms with Gasteiger partial charge in [0.1, 0.15) is 5.82 Å². The van der Waals surface area contributed by atoms with Crippen molar-refractivity contribution in [1.29, 1.82) is 0 Å². The number of hydrogen-bond donors (Lipinski definition) is 2. The largest absolute Gasteiger partial charge is 0.479 e. The van der Waals surface area contributed by atoms with Crippen molar-refractivity contribution >= 4 is 5.82 Å². The minimum Gasteiger partial charge on any atom is -0.479 e. The van der Waals surface area contributed by atoms with Gasteiger partial charge < -0.3 is 14.8 Å². The Kier molecular flexibility index (Phi) is 3.65. The molecule has 0 amide bonds. The molecule has 2 N–H and O–H groups in total. The summed E-state index contributed by atoms with van der Waals surface area (Å²) in [7, 11) is 1.16. The molecular formula is C10H14F3N3O2. The number of anilines is 1. The van der Waals surface area contributed by atoms with E-state index in [1.54, 1.807) is 0 Å². The van der Waals surface area contributed by atoms with Gasteiger partial charge in [0.2, 0.25) is 5.88 Å². The third-order valence-corrected chi connectivity index (χ3v) is 2.78. The van der Waals surface area contributed by atoms with Crippen LogP contribution in [0.2, 0.25) is 0 Å². The van der Waals surface area contributed by atoms with E-state index in [4.69, 9.17) is 4.74 Å². The van der Waals surface area contributed by atoms with Crippen LogP contribution < -0.4 is 10.1 Å². The lowest BCUT2D eigenvalue weighted by Gasteiger charge is -2.24. The van der Waals surface area contributed by atoms with E-state index in [1.807, 2.05) is 0 Å². The van der Waals surface area contributed by atoms with Gasteiger partial charge in [-0.3, -0.25) is 5.10 Å². The second kappa shape index (κ2) is 5.05. The van der Waals surface area contributed by atoms with Gasteiger partial charge in [-0.25, -0.2) is 0 Å². The number of nitrogens with zero attached hydrogens (tertiary/aromatic N) is 1. The minimum atomic E-state index is -4.51. The fourth-order valence-electron chi connectivity index (χ4n) is 1.89. The average molecular weight is 265 g/mol. The van der Waals surface area contributed by atoms with Crippen LogP contribution in [-0.4, -0.2) is 36.6 Å². The first kappa shape index (κ1) is 13.0. The Hall–Kier alpha value is -1.44. The van der Waals surface area contributed by atoms with Crippen LogP contribution in [0.3, 0.4) is 0 Å². The third kappa shape index (κ3) is 2.69. The first-order valence-corrected chi connectivity index (χ1v) is 5.56. The maximum absolute atomic E-state index is 12.9. The van der Waals surface area contributed by atoms with Gasteiger partial charge in [-0.15, -0.1) is 5.10 Å². The number of H-pyrrole nitrogens is 1. The van der Waals surface area contributed by atoms with E-state index in [0.717, 1.165) is 7.11 Å². The summed E-state index contributed by atoms with van der Waals surface area (Å²) < 4.78 is 48.4. The highest BCUT2D eigenvalue weighted by Crippen LogP contribution is 2.40. The van der Waals surface area contributed by atoms with E-state index >= 15 is 0 Å². The number of halogens is 3.